The van der Waals surface area contributed by atoms with Gasteiger partial charge in [0.2, 0.25) is 5.91 Å². The average molecular weight is 188 g/mol. The molecule has 0 radical (unpaired) electrons. The molecule has 2 N–H and O–H groups in total. The summed E-state index contributed by atoms with van der Waals surface area (Å²) in [5.41, 5.74) is 0.690. The van der Waals surface area contributed by atoms with Gasteiger partial charge in [-0.25, -0.2) is 0 Å². The number of hydrogen-bond acceptors (Lipinski definition) is 2. The highest BCUT2D eigenvalue weighted by atomic mass is 35.5. The Labute approximate surface area is 76.8 Å². The molecule has 0 aliphatic carbocycles. The van der Waals surface area contributed by atoms with E-state index in [1.54, 1.807) is 12.1 Å². The molecule has 0 aromatic heterocycles. The Bertz CT molecular complexity index is 258. The van der Waals surface area contributed by atoms with Gasteiger partial charge < -0.3 is 10.4 Å². The first-order valence-corrected chi connectivity index (χ1v) is 3.25. The van der Waals surface area contributed by atoms with Crippen LogP contribution < -0.4 is 5.32 Å². The lowest BCUT2D eigenvalue weighted by atomic mass is 10.3. The number of halogens is 1. The molecule has 0 aliphatic rings. The van der Waals surface area contributed by atoms with Gasteiger partial charge in [-0.1, -0.05) is 0 Å². The SMILES string of the molecule is CC(=O)Nc1ccc(O)cc1.Cl. The molecule has 0 aliphatic heterocycles. The summed E-state index contributed by atoms with van der Waals surface area (Å²) in [4.78, 5) is 10.5. The number of nitrogens with one attached hydrogen (secondary N) is 1. The largest absolute Gasteiger partial charge is 0.508 e. The van der Waals surface area contributed by atoms with Gasteiger partial charge >= 0.3 is 0 Å². The number of amides is 1. The summed E-state index contributed by atoms with van der Waals surface area (Å²) in [5, 5.41) is 11.5. The number of carbonyl (C=O) groups is 1. The minimum atomic E-state index is -0.115. The molecule has 0 heterocycles. The van der Waals surface area contributed by atoms with Gasteiger partial charge in [0.05, 0.1) is 0 Å². The number of hydrogen-bond donors (Lipinski definition) is 2. The highest BCUT2D eigenvalue weighted by Crippen LogP contribution is 2.13. The van der Waals surface area contributed by atoms with Gasteiger partial charge in [0.1, 0.15) is 5.75 Å². The summed E-state index contributed by atoms with van der Waals surface area (Å²) in [6, 6.07) is 6.31. The number of phenols is 1. The molecule has 4 heteroatoms. The van der Waals surface area contributed by atoms with E-state index in [9.17, 15) is 4.79 Å². The Morgan fingerprint density at radius 1 is 1.33 bits per heavy atom. The Hall–Kier alpha value is -1.22. The van der Waals surface area contributed by atoms with E-state index < -0.39 is 0 Å². The fourth-order valence-electron chi connectivity index (χ4n) is 0.748. The smallest absolute Gasteiger partial charge is 0.221 e. The van der Waals surface area contributed by atoms with Crippen molar-refractivity contribution in [2.75, 3.05) is 5.32 Å². The van der Waals surface area contributed by atoms with E-state index in [1.165, 1.54) is 19.1 Å². The molecule has 1 amide bonds. The van der Waals surface area contributed by atoms with Crippen molar-refractivity contribution in [2.45, 2.75) is 6.92 Å². The van der Waals surface area contributed by atoms with Gasteiger partial charge in [-0.3, -0.25) is 4.79 Å². The molecule has 0 unspecified atom stereocenters. The van der Waals surface area contributed by atoms with Gasteiger partial charge in [0, 0.05) is 12.6 Å². The van der Waals surface area contributed by atoms with Crippen molar-refractivity contribution in [3.8, 4) is 5.75 Å². The number of carbonyl (C=O) groups excluding carboxylic acids is 1. The lowest BCUT2D eigenvalue weighted by molar-refractivity contribution is -0.114. The first-order valence-electron chi connectivity index (χ1n) is 3.25. The maximum absolute atomic E-state index is 10.5. The molecule has 1 aromatic rings. The van der Waals surface area contributed by atoms with Crippen LogP contribution in [0, 0.1) is 0 Å². The highest BCUT2D eigenvalue weighted by Gasteiger charge is 1.93. The summed E-state index contributed by atoms with van der Waals surface area (Å²) in [7, 11) is 0. The molecule has 66 valence electrons. The molecule has 0 bridgehead atoms. The number of anilines is 1. The molecule has 0 atom stereocenters. The zero-order valence-corrected chi connectivity index (χ0v) is 7.39. The van der Waals surface area contributed by atoms with Gasteiger partial charge in [0.25, 0.3) is 0 Å². The van der Waals surface area contributed by atoms with E-state index in [2.05, 4.69) is 5.32 Å². The Kier molecular flexibility index (Phi) is 4.15. The minimum Gasteiger partial charge on any atom is -0.508 e. The Morgan fingerprint density at radius 2 is 1.83 bits per heavy atom. The number of phenolic OH excluding ortho intramolecular Hbond substituents is 1. The number of aromatic hydroxyl groups is 1. The van der Waals surface area contributed by atoms with Crippen molar-refractivity contribution < 1.29 is 9.90 Å². The van der Waals surface area contributed by atoms with E-state index in [-0.39, 0.29) is 24.1 Å². The predicted octanol–water partition coefficient (Wildman–Crippen LogP) is 1.77. The van der Waals surface area contributed by atoms with Crippen LogP contribution in [0.25, 0.3) is 0 Å². The number of benzene rings is 1. The normalized spacial score (nSPS) is 8.42. The van der Waals surface area contributed by atoms with E-state index in [0.29, 0.717) is 5.69 Å². The third kappa shape index (κ3) is 3.25. The zero-order valence-electron chi connectivity index (χ0n) is 6.57. The lowest BCUT2D eigenvalue weighted by Crippen LogP contribution is -2.04. The van der Waals surface area contributed by atoms with Crippen LogP contribution >= 0.6 is 12.4 Å². The predicted molar refractivity (Wildman–Crippen MR) is 49.7 cm³/mol. The van der Waals surface area contributed by atoms with Crippen LogP contribution in [-0.2, 0) is 4.79 Å². The van der Waals surface area contributed by atoms with E-state index in [4.69, 9.17) is 5.11 Å². The van der Waals surface area contributed by atoms with Crippen LogP contribution in [0.4, 0.5) is 5.69 Å². The van der Waals surface area contributed by atoms with Crippen LogP contribution in [0.2, 0.25) is 0 Å². The van der Waals surface area contributed by atoms with Crippen LogP contribution in [0.3, 0.4) is 0 Å². The van der Waals surface area contributed by atoms with Crippen molar-refractivity contribution >= 4 is 24.0 Å². The second kappa shape index (κ2) is 4.62. The molecular weight excluding hydrogens is 178 g/mol. The van der Waals surface area contributed by atoms with Crippen molar-refractivity contribution in [3.05, 3.63) is 24.3 Å². The maximum Gasteiger partial charge on any atom is 0.221 e. The standard InChI is InChI=1S/C8H9NO2.ClH/c1-6(10)9-7-2-4-8(11)5-3-7;/h2-5,11H,1H3,(H,9,10);1H. The first-order chi connectivity index (χ1) is 5.18. The lowest BCUT2D eigenvalue weighted by Gasteiger charge is -1.99. The van der Waals surface area contributed by atoms with Crippen LogP contribution in [-0.4, -0.2) is 11.0 Å². The van der Waals surface area contributed by atoms with Crippen molar-refractivity contribution in [1.29, 1.82) is 0 Å². The van der Waals surface area contributed by atoms with E-state index in [1.807, 2.05) is 0 Å². The second-order valence-corrected chi connectivity index (χ2v) is 2.23. The monoisotopic (exact) mass is 187 g/mol. The quantitative estimate of drug-likeness (QED) is 0.659. The molecule has 0 saturated carbocycles. The zero-order chi connectivity index (χ0) is 8.27. The summed E-state index contributed by atoms with van der Waals surface area (Å²) in [5.74, 6) is 0.0785. The third-order valence-electron chi connectivity index (χ3n) is 1.19. The average Bonchev–Trinajstić information content (AvgIpc) is 1.93. The summed E-state index contributed by atoms with van der Waals surface area (Å²) < 4.78 is 0. The van der Waals surface area contributed by atoms with Gasteiger partial charge in [-0.05, 0) is 24.3 Å². The third-order valence-corrected chi connectivity index (χ3v) is 1.19. The minimum absolute atomic E-state index is 0. The number of rotatable bonds is 1. The van der Waals surface area contributed by atoms with Crippen LogP contribution in [0.1, 0.15) is 6.92 Å². The Balaban J connectivity index is 0.00000121. The summed E-state index contributed by atoms with van der Waals surface area (Å²) in [6.45, 7) is 1.44. The fourth-order valence-corrected chi connectivity index (χ4v) is 0.748. The first kappa shape index (κ1) is 10.8. The molecule has 12 heavy (non-hydrogen) atoms. The maximum atomic E-state index is 10.5. The van der Waals surface area contributed by atoms with Crippen molar-refractivity contribution in [1.82, 2.24) is 0 Å². The highest BCUT2D eigenvalue weighted by molar-refractivity contribution is 5.88. The van der Waals surface area contributed by atoms with E-state index >= 15 is 0 Å². The second-order valence-electron chi connectivity index (χ2n) is 2.23. The van der Waals surface area contributed by atoms with Crippen molar-refractivity contribution in [2.24, 2.45) is 0 Å². The molecule has 1 rings (SSSR count). The molecule has 0 spiro atoms. The molecule has 3 nitrogen and oxygen atoms in total. The summed E-state index contributed by atoms with van der Waals surface area (Å²) in [6.07, 6.45) is 0. The van der Waals surface area contributed by atoms with Gasteiger partial charge in [-0.15, -0.1) is 12.4 Å². The molecule has 0 fully saturated rings. The topological polar surface area (TPSA) is 49.3 Å². The summed E-state index contributed by atoms with van der Waals surface area (Å²) >= 11 is 0. The Morgan fingerprint density at radius 3 is 2.25 bits per heavy atom. The van der Waals surface area contributed by atoms with Gasteiger partial charge in [0.15, 0.2) is 0 Å². The fraction of sp³-hybridized carbons (Fsp3) is 0.125. The van der Waals surface area contributed by atoms with E-state index in [0.717, 1.165) is 0 Å². The molecule has 1 aromatic carbocycles. The molecular formula is C8H10ClNO2. The van der Waals surface area contributed by atoms with Crippen LogP contribution in [0.5, 0.6) is 5.75 Å². The van der Waals surface area contributed by atoms with Crippen LogP contribution in [0.15, 0.2) is 24.3 Å². The van der Waals surface area contributed by atoms with Gasteiger partial charge in [-0.2, -0.15) is 0 Å². The molecule has 0 saturated heterocycles. The van der Waals surface area contributed by atoms with Crippen molar-refractivity contribution in [3.63, 3.8) is 0 Å².